The molecule has 1 saturated heterocycles. The number of likely N-dealkylation sites (N-methyl/N-ethyl adjacent to an activating group) is 1. The van der Waals surface area contributed by atoms with Crippen LogP contribution in [0.4, 0.5) is 23.0 Å². The Kier molecular flexibility index (Phi) is 5.46. The van der Waals surface area contributed by atoms with E-state index >= 15 is 0 Å². The van der Waals surface area contributed by atoms with Crippen LogP contribution >= 0.6 is 0 Å². The van der Waals surface area contributed by atoms with Crippen molar-refractivity contribution in [3.05, 3.63) is 46.3 Å². The molecule has 10 nitrogen and oxygen atoms in total. The maximum absolute atomic E-state index is 11.9. The second kappa shape index (κ2) is 7.96. The first-order valence-corrected chi connectivity index (χ1v) is 8.38. The summed E-state index contributed by atoms with van der Waals surface area (Å²) in [6, 6.07) is 6.60. The molecule has 27 heavy (non-hydrogen) atoms. The van der Waals surface area contributed by atoms with E-state index in [0.29, 0.717) is 18.8 Å². The zero-order valence-electron chi connectivity index (χ0n) is 15.1. The van der Waals surface area contributed by atoms with E-state index in [1.807, 2.05) is 11.9 Å². The van der Waals surface area contributed by atoms with Gasteiger partial charge in [0, 0.05) is 26.2 Å². The molecule has 142 valence electrons. The summed E-state index contributed by atoms with van der Waals surface area (Å²) in [7, 11) is 3.28. The van der Waals surface area contributed by atoms with Gasteiger partial charge in [-0.05, 0) is 19.2 Å². The number of nitrogens with one attached hydrogen (secondary N) is 1. The maximum atomic E-state index is 11.9. The summed E-state index contributed by atoms with van der Waals surface area (Å²) in [6.07, 6.45) is 1.28. The normalized spacial score (nSPS) is 14.7. The van der Waals surface area contributed by atoms with E-state index in [-0.39, 0.29) is 22.9 Å². The number of anilines is 3. The average Bonchev–Trinajstić information content (AvgIpc) is 2.68. The summed E-state index contributed by atoms with van der Waals surface area (Å²) in [5.74, 6) is -0.254. The Balaban J connectivity index is 1.99. The molecule has 1 N–H and O–H groups in total. The third kappa shape index (κ3) is 3.95. The van der Waals surface area contributed by atoms with E-state index < -0.39 is 10.9 Å². The molecule has 0 unspecified atom stereocenters. The van der Waals surface area contributed by atoms with Crippen LogP contribution in [-0.4, -0.2) is 66.1 Å². The standard InChI is InChI=1S/C17H20N6O4/c1-21-7-9-22(10-8-21)16-14(23(25)26)15(18-11-19-16)20-13-6-4-3-5-12(13)17(24)27-2/h3-6,11H,7-10H2,1-2H3,(H,18,19,20). The average molecular weight is 372 g/mol. The molecule has 2 aromatic rings. The molecule has 1 fully saturated rings. The van der Waals surface area contributed by atoms with Gasteiger partial charge in [-0.1, -0.05) is 12.1 Å². The maximum Gasteiger partial charge on any atom is 0.353 e. The molecule has 0 atom stereocenters. The van der Waals surface area contributed by atoms with Gasteiger partial charge in [0.25, 0.3) is 0 Å². The fraction of sp³-hybridized carbons (Fsp3) is 0.353. The number of nitro groups is 1. The van der Waals surface area contributed by atoms with Crippen molar-refractivity contribution in [2.24, 2.45) is 0 Å². The van der Waals surface area contributed by atoms with Crippen molar-refractivity contribution in [2.45, 2.75) is 0 Å². The van der Waals surface area contributed by atoms with Gasteiger partial charge in [-0.3, -0.25) is 10.1 Å². The predicted molar refractivity (Wildman–Crippen MR) is 99.5 cm³/mol. The highest BCUT2D eigenvalue weighted by atomic mass is 16.6. The third-order valence-electron chi connectivity index (χ3n) is 4.37. The summed E-state index contributed by atoms with van der Waals surface area (Å²) in [4.78, 5) is 35.4. The number of esters is 1. The highest BCUT2D eigenvalue weighted by Crippen LogP contribution is 2.34. The first-order chi connectivity index (χ1) is 13.0. The number of aromatic nitrogens is 2. The lowest BCUT2D eigenvalue weighted by molar-refractivity contribution is -0.383. The van der Waals surface area contributed by atoms with Crippen molar-refractivity contribution >= 4 is 29.0 Å². The number of hydrogen-bond donors (Lipinski definition) is 1. The molecule has 1 aromatic carbocycles. The third-order valence-corrected chi connectivity index (χ3v) is 4.37. The van der Waals surface area contributed by atoms with Crippen molar-refractivity contribution in [1.82, 2.24) is 14.9 Å². The van der Waals surface area contributed by atoms with Crippen molar-refractivity contribution < 1.29 is 14.5 Å². The SMILES string of the molecule is COC(=O)c1ccccc1Nc1ncnc(N2CCN(C)CC2)c1[N+](=O)[O-]. The number of nitrogens with zero attached hydrogens (tertiary/aromatic N) is 5. The lowest BCUT2D eigenvalue weighted by Gasteiger charge is -2.32. The zero-order chi connectivity index (χ0) is 19.4. The van der Waals surface area contributed by atoms with Gasteiger partial charge in [-0.25, -0.2) is 14.8 Å². The fourth-order valence-electron chi connectivity index (χ4n) is 2.89. The van der Waals surface area contributed by atoms with Crippen LogP contribution < -0.4 is 10.2 Å². The van der Waals surface area contributed by atoms with Crippen molar-refractivity contribution in [3.63, 3.8) is 0 Å². The number of ether oxygens (including phenoxy) is 1. The number of methoxy groups -OCH3 is 1. The molecule has 2 heterocycles. The monoisotopic (exact) mass is 372 g/mol. The molecule has 1 aliphatic rings. The van der Waals surface area contributed by atoms with Crippen LogP contribution in [0.1, 0.15) is 10.4 Å². The Labute approximate surface area is 155 Å². The fourth-order valence-corrected chi connectivity index (χ4v) is 2.89. The molecule has 10 heteroatoms. The number of piperazine rings is 1. The van der Waals surface area contributed by atoms with Crippen LogP contribution in [0.15, 0.2) is 30.6 Å². The first kappa shape index (κ1) is 18.5. The Hall–Kier alpha value is -3.27. The number of para-hydroxylation sites is 1. The van der Waals surface area contributed by atoms with Gasteiger partial charge in [0.2, 0.25) is 11.6 Å². The summed E-state index contributed by atoms with van der Waals surface area (Å²) < 4.78 is 4.76. The number of carbonyl (C=O) groups is 1. The van der Waals surface area contributed by atoms with Gasteiger partial charge < -0.3 is 19.9 Å². The Bertz CT molecular complexity index is 851. The molecule has 0 bridgehead atoms. The Morgan fingerprint density at radius 1 is 1.22 bits per heavy atom. The quantitative estimate of drug-likeness (QED) is 0.475. The highest BCUT2D eigenvalue weighted by Gasteiger charge is 2.29. The van der Waals surface area contributed by atoms with Crippen LogP contribution in [0.3, 0.4) is 0 Å². The van der Waals surface area contributed by atoms with Crippen LogP contribution in [0.2, 0.25) is 0 Å². The summed E-state index contributed by atoms with van der Waals surface area (Å²) in [6.45, 7) is 2.84. The van der Waals surface area contributed by atoms with Crippen molar-refractivity contribution in [3.8, 4) is 0 Å². The van der Waals surface area contributed by atoms with Gasteiger partial charge in [-0.15, -0.1) is 0 Å². The van der Waals surface area contributed by atoms with Crippen molar-refractivity contribution in [2.75, 3.05) is 50.6 Å². The van der Waals surface area contributed by atoms with E-state index in [4.69, 9.17) is 4.74 Å². The van der Waals surface area contributed by atoms with E-state index in [1.54, 1.807) is 24.3 Å². The minimum Gasteiger partial charge on any atom is -0.465 e. The number of carbonyl (C=O) groups excluding carboxylic acids is 1. The second-order valence-electron chi connectivity index (χ2n) is 6.10. The Morgan fingerprint density at radius 3 is 2.59 bits per heavy atom. The molecular formula is C17H20N6O4. The van der Waals surface area contributed by atoms with E-state index in [2.05, 4.69) is 20.2 Å². The summed E-state index contributed by atoms with van der Waals surface area (Å²) in [5.41, 5.74) is 0.409. The van der Waals surface area contributed by atoms with Gasteiger partial charge >= 0.3 is 11.7 Å². The predicted octanol–water partition coefficient (Wildman–Crippen LogP) is 1.67. The second-order valence-corrected chi connectivity index (χ2v) is 6.10. The number of benzene rings is 1. The highest BCUT2D eigenvalue weighted by molar-refractivity contribution is 5.96. The van der Waals surface area contributed by atoms with Gasteiger partial charge in [-0.2, -0.15) is 0 Å². The first-order valence-electron chi connectivity index (χ1n) is 8.38. The molecule has 0 spiro atoms. The van der Waals surface area contributed by atoms with E-state index in [1.165, 1.54) is 13.4 Å². The van der Waals surface area contributed by atoms with Gasteiger partial charge in [0.05, 0.1) is 23.3 Å². The summed E-state index contributed by atoms with van der Waals surface area (Å²) in [5, 5.41) is 14.7. The zero-order valence-corrected chi connectivity index (χ0v) is 15.1. The molecule has 0 aliphatic carbocycles. The smallest absolute Gasteiger partial charge is 0.353 e. The molecule has 1 aliphatic heterocycles. The van der Waals surface area contributed by atoms with Crippen LogP contribution in [0, 0.1) is 10.1 Å². The molecule has 0 amide bonds. The minimum atomic E-state index is -0.547. The molecular weight excluding hydrogens is 352 g/mol. The van der Waals surface area contributed by atoms with E-state index in [0.717, 1.165) is 13.1 Å². The molecule has 0 radical (unpaired) electrons. The topological polar surface area (TPSA) is 114 Å². The van der Waals surface area contributed by atoms with Crippen LogP contribution in [0.25, 0.3) is 0 Å². The summed E-state index contributed by atoms with van der Waals surface area (Å²) >= 11 is 0. The van der Waals surface area contributed by atoms with E-state index in [9.17, 15) is 14.9 Å². The van der Waals surface area contributed by atoms with Gasteiger partial charge in [0.15, 0.2) is 0 Å². The number of hydrogen-bond acceptors (Lipinski definition) is 9. The number of rotatable bonds is 5. The lowest BCUT2D eigenvalue weighted by Crippen LogP contribution is -2.45. The van der Waals surface area contributed by atoms with Crippen molar-refractivity contribution in [1.29, 1.82) is 0 Å². The lowest BCUT2D eigenvalue weighted by atomic mass is 10.2. The Morgan fingerprint density at radius 2 is 1.93 bits per heavy atom. The van der Waals surface area contributed by atoms with Gasteiger partial charge in [0.1, 0.15) is 6.33 Å². The molecule has 3 rings (SSSR count). The molecule has 0 saturated carbocycles. The van der Waals surface area contributed by atoms with Crippen LogP contribution in [-0.2, 0) is 4.74 Å². The minimum absolute atomic E-state index is 0.0280. The van der Waals surface area contributed by atoms with Crippen LogP contribution in [0.5, 0.6) is 0 Å². The molecule has 1 aromatic heterocycles. The largest absolute Gasteiger partial charge is 0.465 e.